The van der Waals surface area contributed by atoms with Gasteiger partial charge in [-0.25, -0.2) is 14.6 Å². The van der Waals surface area contributed by atoms with Crippen molar-refractivity contribution in [3.8, 4) is 5.75 Å². The third-order valence-corrected chi connectivity index (χ3v) is 7.00. The summed E-state index contributed by atoms with van der Waals surface area (Å²) >= 11 is 9.51. The van der Waals surface area contributed by atoms with Crippen LogP contribution in [0, 0.1) is 0 Å². The summed E-state index contributed by atoms with van der Waals surface area (Å²) in [6.07, 6.45) is 1.42. The highest BCUT2D eigenvalue weighted by Gasteiger charge is 2.43. The number of nitrogens with zero attached hydrogens (tertiary/aromatic N) is 2. The van der Waals surface area contributed by atoms with Crippen LogP contribution < -0.4 is 19.9 Å². The Hall–Kier alpha value is -4.73. The van der Waals surface area contributed by atoms with E-state index in [0.29, 0.717) is 37.9 Å². The van der Waals surface area contributed by atoms with Gasteiger partial charge in [0.15, 0.2) is 6.61 Å². The lowest BCUT2D eigenvalue weighted by atomic mass is 10.0. The number of amides is 5. The summed E-state index contributed by atoms with van der Waals surface area (Å²) < 4.78 is 6.13. The number of anilines is 3. The maximum Gasteiger partial charge on any atom is 0.343 e. The molecule has 4 aromatic rings. The molecule has 0 bridgehead atoms. The predicted molar refractivity (Wildman–Crippen MR) is 161 cm³/mol. The van der Waals surface area contributed by atoms with Crippen LogP contribution in [0.15, 0.2) is 113 Å². The minimum Gasteiger partial charge on any atom is -0.483 e. The van der Waals surface area contributed by atoms with Gasteiger partial charge in [-0.15, -0.1) is 0 Å². The van der Waals surface area contributed by atoms with Gasteiger partial charge in [0, 0.05) is 0 Å². The fraction of sp³-hybridized carbons (Fsp3) is 0.0323. The van der Waals surface area contributed by atoms with E-state index in [1.165, 1.54) is 6.08 Å². The molecule has 41 heavy (non-hydrogen) atoms. The van der Waals surface area contributed by atoms with Crippen molar-refractivity contribution in [2.45, 2.75) is 0 Å². The molecule has 1 saturated heterocycles. The quantitative estimate of drug-likeness (QED) is 0.181. The first-order valence-corrected chi connectivity index (χ1v) is 13.5. The van der Waals surface area contributed by atoms with E-state index in [1.807, 2.05) is 0 Å². The van der Waals surface area contributed by atoms with Crippen LogP contribution in [0.3, 0.4) is 0 Å². The van der Waals surface area contributed by atoms with Crippen LogP contribution in [0.2, 0.25) is 5.02 Å². The summed E-state index contributed by atoms with van der Waals surface area (Å²) in [5, 5.41) is 3.09. The van der Waals surface area contributed by atoms with Crippen molar-refractivity contribution < 1.29 is 23.9 Å². The number of ether oxygens (including phenoxy) is 1. The van der Waals surface area contributed by atoms with Crippen LogP contribution in [-0.2, 0) is 14.4 Å². The molecule has 0 unspecified atom stereocenters. The molecule has 1 fully saturated rings. The van der Waals surface area contributed by atoms with Crippen molar-refractivity contribution in [1.82, 2.24) is 0 Å². The maximum absolute atomic E-state index is 13.5. The van der Waals surface area contributed by atoms with Gasteiger partial charge in [0.1, 0.15) is 11.3 Å². The Morgan fingerprint density at radius 2 is 1.37 bits per heavy atom. The normalized spacial score (nSPS) is 13.3. The van der Waals surface area contributed by atoms with Crippen molar-refractivity contribution in [1.29, 1.82) is 0 Å². The standard InChI is InChI=1S/C31H21BrClN3O5/c32-24-18-20(15-16-27(24)41-19-28(37)34-26-14-8-7-13-25(26)33)17-23-29(38)35(21-9-3-1-4-10-21)31(40)36(30(23)39)22-11-5-2-6-12-22/h1-18H,19H2,(H,34,37). The Kier molecular flexibility index (Phi) is 8.28. The molecule has 5 rings (SSSR count). The number of carbonyl (C=O) groups excluding carboxylic acids is 4. The first kappa shape index (κ1) is 27.8. The number of barbiturate groups is 1. The molecule has 0 atom stereocenters. The molecule has 0 saturated carbocycles. The number of halogens is 2. The number of carbonyl (C=O) groups is 4. The van der Waals surface area contributed by atoms with Crippen LogP contribution in [0.1, 0.15) is 5.56 Å². The fourth-order valence-corrected chi connectivity index (χ4v) is 4.82. The molecule has 5 amide bonds. The molecular weight excluding hydrogens is 610 g/mol. The number of benzene rings is 4. The average molecular weight is 631 g/mol. The number of nitrogens with one attached hydrogen (secondary N) is 1. The van der Waals surface area contributed by atoms with E-state index in [2.05, 4.69) is 21.2 Å². The highest BCUT2D eigenvalue weighted by atomic mass is 79.9. The summed E-state index contributed by atoms with van der Waals surface area (Å²) in [5.41, 5.74) is 1.44. The monoisotopic (exact) mass is 629 g/mol. The molecule has 8 nitrogen and oxygen atoms in total. The Labute approximate surface area is 248 Å². The molecule has 0 spiro atoms. The zero-order valence-electron chi connectivity index (χ0n) is 21.3. The van der Waals surface area contributed by atoms with E-state index >= 15 is 0 Å². The SMILES string of the molecule is O=C(COc1ccc(C=C2C(=O)N(c3ccccc3)C(=O)N(c3ccccc3)C2=O)cc1Br)Nc1ccccc1Cl. The first-order valence-electron chi connectivity index (χ1n) is 12.3. The van der Waals surface area contributed by atoms with Crippen LogP contribution in [-0.4, -0.2) is 30.4 Å². The zero-order valence-corrected chi connectivity index (χ0v) is 23.6. The lowest BCUT2D eigenvalue weighted by molar-refractivity contribution is -0.121. The Morgan fingerprint density at radius 3 is 1.93 bits per heavy atom. The van der Waals surface area contributed by atoms with Crippen molar-refractivity contribution in [2.24, 2.45) is 0 Å². The van der Waals surface area contributed by atoms with Gasteiger partial charge < -0.3 is 10.1 Å². The van der Waals surface area contributed by atoms with Crippen LogP contribution >= 0.6 is 27.5 Å². The zero-order chi connectivity index (χ0) is 28.9. The summed E-state index contributed by atoms with van der Waals surface area (Å²) in [4.78, 5) is 54.8. The molecule has 1 aliphatic heterocycles. The second-order valence-electron chi connectivity index (χ2n) is 8.80. The first-order chi connectivity index (χ1) is 19.8. The van der Waals surface area contributed by atoms with Gasteiger partial charge in [0.25, 0.3) is 17.7 Å². The molecule has 1 heterocycles. The number of hydrogen-bond donors (Lipinski definition) is 1. The Balaban J connectivity index is 1.40. The predicted octanol–water partition coefficient (Wildman–Crippen LogP) is 6.70. The van der Waals surface area contributed by atoms with E-state index in [-0.39, 0.29) is 12.2 Å². The molecule has 1 N–H and O–H groups in total. The molecule has 4 aromatic carbocycles. The second-order valence-corrected chi connectivity index (χ2v) is 10.1. The number of rotatable bonds is 7. The van der Waals surface area contributed by atoms with Crippen molar-refractivity contribution in [3.63, 3.8) is 0 Å². The Bertz CT molecular complexity index is 1610. The van der Waals surface area contributed by atoms with Gasteiger partial charge in [0.2, 0.25) is 0 Å². The number of urea groups is 1. The van der Waals surface area contributed by atoms with Gasteiger partial charge in [-0.05, 0) is 76.1 Å². The third kappa shape index (κ3) is 6.06. The van der Waals surface area contributed by atoms with Gasteiger partial charge in [-0.3, -0.25) is 14.4 Å². The number of hydrogen-bond acceptors (Lipinski definition) is 5. The largest absolute Gasteiger partial charge is 0.483 e. The number of imide groups is 2. The third-order valence-electron chi connectivity index (χ3n) is 6.05. The van der Waals surface area contributed by atoms with Crippen molar-refractivity contribution >= 4 is 74.4 Å². The highest BCUT2D eigenvalue weighted by molar-refractivity contribution is 9.10. The van der Waals surface area contributed by atoms with Gasteiger partial charge in [0.05, 0.1) is 26.6 Å². The highest BCUT2D eigenvalue weighted by Crippen LogP contribution is 2.31. The van der Waals surface area contributed by atoms with E-state index in [9.17, 15) is 19.2 Å². The Morgan fingerprint density at radius 1 is 0.805 bits per heavy atom. The lowest BCUT2D eigenvalue weighted by Crippen LogP contribution is -2.57. The van der Waals surface area contributed by atoms with Crippen LogP contribution in [0.4, 0.5) is 21.9 Å². The van der Waals surface area contributed by atoms with Gasteiger partial charge in [-0.1, -0.05) is 66.2 Å². The molecule has 0 aliphatic carbocycles. The topological polar surface area (TPSA) is 96.0 Å². The fourth-order valence-electron chi connectivity index (χ4n) is 4.12. The molecule has 204 valence electrons. The summed E-state index contributed by atoms with van der Waals surface area (Å²) in [6.45, 7) is -0.276. The van der Waals surface area contributed by atoms with Gasteiger partial charge in [-0.2, -0.15) is 0 Å². The van der Waals surface area contributed by atoms with Crippen LogP contribution in [0.25, 0.3) is 6.08 Å². The second kappa shape index (κ2) is 12.2. The minimum atomic E-state index is -0.769. The molecule has 0 radical (unpaired) electrons. The average Bonchev–Trinajstić information content (AvgIpc) is 2.97. The lowest BCUT2D eigenvalue weighted by Gasteiger charge is -2.33. The van der Waals surface area contributed by atoms with E-state index in [0.717, 1.165) is 9.80 Å². The minimum absolute atomic E-state index is 0.197. The van der Waals surface area contributed by atoms with E-state index < -0.39 is 23.8 Å². The summed E-state index contributed by atoms with van der Waals surface area (Å²) in [6, 6.07) is 27.8. The maximum atomic E-state index is 13.5. The molecule has 0 aromatic heterocycles. The van der Waals surface area contributed by atoms with Gasteiger partial charge >= 0.3 is 6.03 Å². The van der Waals surface area contributed by atoms with Crippen LogP contribution in [0.5, 0.6) is 5.75 Å². The molecular formula is C31H21BrClN3O5. The van der Waals surface area contributed by atoms with E-state index in [4.69, 9.17) is 16.3 Å². The van der Waals surface area contributed by atoms with Crippen molar-refractivity contribution in [3.05, 3.63) is 124 Å². The number of para-hydroxylation sites is 3. The summed E-state index contributed by atoms with van der Waals surface area (Å²) in [7, 11) is 0. The molecule has 1 aliphatic rings. The summed E-state index contributed by atoms with van der Waals surface area (Å²) in [5.74, 6) is -1.52. The molecule has 10 heteroatoms. The smallest absolute Gasteiger partial charge is 0.343 e. The van der Waals surface area contributed by atoms with E-state index in [1.54, 1.807) is 103 Å². The van der Waals surface area contributed by atoms with Crippen molar-refractivity contribution in [2.75, 3.05) is 21.7 Å².